The molecular formula is C10H11FN2OS. The molecule has 0 aliphatic rings. The van der Waals surface area contributed by atoms with Crippen molar-refractivity contribution >= 4 is 23.1 Å². The van der Waals surface area contributed by atoms with Crippen molar-refractivity contribution in [3.05, 3.63) is 35.6 Å². The highest BCUT2D eigenvalue weighted by atomic mass is 32.1. The molecule has 1 atom stereocenters. The first-order chi connectivity index (χ1) is 7.00. The van der Waals surface area contributed by atoms with E-state index in [4.69, 9.17) is 18.0 Å². The molecule has 0 saturated heterocycles. The fraction of sp³-hybridized carbons (Fsp3) is 0.200. The Morgan fingerprint density at radius 1 is 1.47 bits per heavy atom. The summed E-state index contributed by atoms with van der Waals surface area (Å²) in [6.07, 6.45) is 0. The molecule has 0 fully saturated rings. The highest BCUT2D eigenvalue weighted by Gasteiger charge is 2.15. The number of nitrogens with two attached hydrogens (primary N) is 1. The van der Waals surface area contributed by atoms with Crippen LogP contribution >= 0.6 is 12.2 Å². The summed E-state index contributed by atoms with van der Waals surface area (Å²) in [6.45, 7) is 1.37. The minimum Gasteiger partial charge on any atom is -0.391 e. The lowest BCUT2D eigenvalue weighted by molar-refractivity contribution is -0.119. The molecule has 0 spiro atoms. The number of hydrogen-bond donors (Lipinski definition) is 2. The van der Waals surface area contributed by atoms with Crippen LogP contribution in [0.1, 0.15) is 18.5 Å². The minimum absolute atomic E-state index is 0.150. The Morgan fingerprint density at radius 3 is 2.40 bits per heavy atom. The Bertz CT molecular complexity index is 378. The molecule has 1 aromatic rings. The third-order valence-corrected chi connectivity index (χ3v) is 2.07. The monoisotopic (exact) mass is 226 g/mol. The molecule has 0 saturated carbocycles. The summed E-state index contributed by atoms with van der Waals surface area (Å²) in [7, 11) is 0. The molecule has 0 bridgehead atoms. The lowest BCUT2D eigenvalue weighted by atomic mass is 10.1. The lowest BCUT2D eigenvalue weighted by Crippen LogP contribution is -2.35. The van der Waals surface area contributed by atoms with Crippen molar-refractivity contribution in [3.8, 4) is 0 Å². The zero-order chi connectivity index (χ0) is 11.4. The van der Waals surface area contributed by atoms with Gasteiger partial charge >= 0.3 is 0 Å². The van der Waals surface area contributed by atoms with Crippen LogP contribution in [0.5, 0.6) is 0 Å². The average molecular weight is 226 g/mol. The van der Waals surface area contributed by atoms with Crippen LogP contribution in [0, 0.1) is 5.82 Å². The molecule has 3 nitrogen and oxygen atoms in total. The van der Waals surface area contributed by atoms with Gasteiger partial charge < -0.3 is 11.1 Å². The van der Waals surface area contributed by atoms with E-state index >= 15 is 0 Å². The van der Waals surface area contributed by atoms with Gasteiger partial charge in [-0.05, 0) is 17.7 Å². The molecule has 1 amide bonds. The van der Waals surface area contributed by atoms with Crippen LogP contribution in [0.15, 0.2) is 24.3 Å². The molecule has 0 heterocycles. The number of carbonyl (C=O) groups excluding carboxylic acids is 1. The zero-order valence-corrected chi connectivity index (χ0v) is 8.98. The van der Waals surface area contributed by atoms with Gasteiger partial charge in [-0.2, -0.15) is 0 Å². The Labute approximate surface area is 92.5 Å². The second-order valence-electron chi connectivity index (χ2n) is 3.09. The first-order valence-corrected chi connectivity index (χ1v) is 4.73. The topological polar surface area (TPSA) is 55.1 Å². The van der Waals surface area contributed by atoms with Crippen molar-refractivity contribution in [2.45, 2.75) is 13.0 Å². The van der Waals surface area contributed by atoms with Gasteiger partial charge in [0.1, 0.15) is 16.8 Å². The van der Waals surface area contributed by atoms with E-state index in [-0.39, 0.29) is 16.7 Å². The molecule has 0 aliphatic carbocycles. The second kappa shape index (κ2) is 4.84. The molecule has 3 N–H and O–H groups in total. The van der Waals surface area contributed by atoms with Crippen molar-refractivity contribution in [2.24, 2.45) is 5.73 Å². The molecule has 1 unspecified atom stereocenters. The Balaban J connectivity index is 2.94. The Kier molecular flexibility index (Phi) is 3.74. The molecule has 0 aromatic heterocycles. The third kappa shape index (κ3) is 3.28. The number of nitrogens with one attached hydrogen (secondary N) is 1. The van der Waals surface area contributed by atoms with Crippen LogP contribution in [0.25, 0.3) is 0 Å². The predicted molar refractivity (Wildman–Crippen MR) is 59.7 cm³/mol. The summed E-state index contributed by atoms with van der Waals surface area (Å²) >= 11 is 4.82. The largest absolute Gasteiger partial charge is 0.391 e. The fourth-order valence-corrected chi connectivity index (χ4v) is 1.37. The number of rotatable bonds is 3. The van der Waals surface area contributed by atoms with Crippen molar-refractivity contribution in [3.63, 3.8) is 0 Å². The summed E-state index contributed by atoms with van der Waals surface area (Å²) in [5.74, 6) is -0.583. The highest BCUT2D eigenvalue weighted by molar-refractivity contribution is 7.80. The maximum Gasteiger partial charge on any atom is 0.217 e. The first kappa shape index (κ1) is 11.6. The molecule has 0 aliphatic heterocycles. The first-order valence-electron chi connectivity index (χ1n) is 4.32. The van der Waals surface area contributed by atoms with Crippen LogP contribution in [-0.4, -0.2) is 10.9 Å². The van der Waals surface area contributed by atoms with Crippen molar-refractivity contribution in [2.75, 3.05) is 0 Å². The van der Waals surface area contributed by atoms with Crippen molar-refractivity contribution in [1.29, 1.82) is 0 Å². The van der Waals surface area contributed by atoms with Gasteiger partial charge in [0, 0.05) is 6.92 Å². The van der Waals surface area contributed by atoms with E-state index in [2.05, 4.69) is 5.32 Å². The van der Waals surface area contributed by atoms with Crippen LogP contribution in [0.4, 0.5) is 4.39 Å². The maximum absolute atomic E-state index is 12.7. The summed E-state index contributed by atoms with van der Waals surface area (Å²) in [6, 6.07) is 5.12. The van der Waals surface area contributed by atoms with Gasteiger partial charge in [0.05, 0.1) is 0 Å². The molecular weight excluding hydrogens is 215 g/mol. The van der Waals surface area contributed by atoms with Gasteiger partial charge in [-0.15, -0.1) is 0 Å². The van der Waals surface area contributed by atoms with Gasteiger partial charge in [-0.25, -0.2) is 4.39 Å². The predicted octanol–water partition coefficient (Wildman–Crippen LogP) is 1.29. The van der Waals surface area contributed by atoms with E-state index in [0.717, 1.165) is 0 Å². The second-order valence-corrected chi connectivity index (χ2v) is 3.56. The van der Waals surface area contributed by atoms with Crippen LogP contribution in [0.2, 0.25) is 0 Å². The number of carbonyl (C=O) groups is 1. The van der Waals surface area contributed by atoms with E-state index in [9.17, 15) is 9.18 Å². The van der Waals surface area contributed by atoms with Crippen molar-refractivity contribution < 1.29 is 9.18 Å². The van der Waals surface area contributed by atoms with Gasteiger partial charge in [0.15, 0.2) is 0 Å². The molecule has 1 rings (SSSR count). The van der Waals surface area contributed by atoms with Crippen LogP contribution in [0.3, 0.4) is 0 Å². The maximum atomic E-state index is 12.7. The molecule has 80 valence electrons. The average Bonchev–Trinajstić information content (AvgIpc) is 2.15. The summed E-state index contributed by atoms with van der Waals surface area (Å²) in [5, 5.41) is 2.59. The Hall–Kier alpha value is -1.49. The lowest BCUT2D eigenvalue weighted by Gasteiger charge is -2.16. The van der Waals surface area contributed by atoms with Gasteiger partial charge in [-0.3, -0.25) is 4.79 Å². The van der Waals surface area contributed by atoms with Crippen LogP contribution in [-0.2, 0) is 4.79 Å². The zero-order valence-electron chi connectivity index (χ0n) is 8.16. The van der Waals surface area contributed by atoms with Gasteiger partial charge in [-0.1, -0.05) is 24.4 Å². The van der Waals surface area contributed by atoms with Crippen molar-refractivity contribution in [1.82, 2.24) is 5.32 Å². The summed E-state index contributed by atoms with van der Waals surface area (Å²) < 4.78 is 12.7. The van der Waals surface area contributed by atoms with Gasteiger partial charge in [0.2, 0.25) is 5.91 Å². The summed E-state index contributed by atoms with van der Waals surface area (Å²) in [4.78, 5) is 11.0. The fourth-order valence-electron chi connectivity index (χ4n) is 1.18. The third-order valence-electron chi connectivity index (χ3n) is 1.84. The van der Waals surface area contributed by atoms with E-state index in [1.54, 1.807) is 0 Å². The molecule has 15 heavy (non-hydrogen) atoms. The van der Waals surface area contributed by atoms with E-state index in [0.29, 0.717) is 5.56 Å². The molecule has 5 heteroatoms. The van der Waals surface area contributed by atoms with E-state index < -0.39 is 6.04 Å². The van der Waals surface area contributed by atoms with E-state index in [1.807, 2.05) is 0 Å². The molecule has 1 aromatic carbocycles. The number of thiocarbonyl (C=S) groups is 1. The van der Waals surface area contributed by atoms with Crippen LogP contribution < -0.4 is 11.1 Å². The standard InChI is InChI=1S/C10H11FN2OS/c1-6(14)13-9(10(12)15)7-2-4-8(11)5-3-7/h2-5,9H,1H3,(H2,12,15)(H,13,14). The number of halogens is 1. The number of amides is 1. The Morgan fingerprint density at radius 2 is 2.00 bits per heavy atom. The SMILES string of the molecule is CC(=O)NC(C(N)=S)c1ccc(F)cc1. The minimum atomic E-state index is -0.543. The number of benzene rings is 1. The quantitative estimate of drug-likeness (QED) is 0.764. The van der Waals surface area contributed by atoms with Gasteiger partial charge in [0.25, 0.3) is 0 Å². The summed E-state index contributed by atoms with van der Waals surface area (Å²) in [5.41, 5.74) is 6.14. The highest BCUT2D eigenvalue weighted by Crippen LogP contribution is 2.13. The smallest absolute Gasteiger partial charge is 0.217 e. The molecule has 0 radical (unpaired) electrons. The number of hydrogen-bond acceptors (Lipinski definition) is 2. The normalized spacial score (nSPS) is 11.9. The van der Waals surface area contributed by atoms with E-state index in [1.165, 1.54) is 31.2 Å².